The number of primary amides is 1. The summed E-state index contributed by atoms with van der Waals surface area (Å²) >= 11 is 0. The Bertz CT molecular complexity index is 678. The van der Waals surface area contributed by atoms with E-state index in [2.05, 4.69) is 6.07 Å². The summed E-state index contributed by atoms with van der Waals surface area (Å²) < 4.78 is 5.86. The van der Waals surface area contributed by atoms with E-state index in [-0.39, 0.29) is 0 Å². The molecule has 0 spiro atoms. The van der Waals surface area contributed by atoms with Crippen LogP contribution in [0.4, 0.5) is 5.69 Å². The summed E-state index contributed by atoms with van der Waals surface area (Å²) in [6.07, 6.45) is 0. The van der Waals surface area contributed by atoms with Gasteiger partial charge in [-0.2, -0.15) is 0 Å². The van der Waals surface area contributed by atoms with Gasteiger partial charge in [0.2, 0.25) is 0 Å². The molecular formula is C16H18N2O2. The Kier molecular flexibility index (Phi) is 3.66. The van der Waals surface area contributed by atoms with Crippen molar-refractivity contribution in [1.82, 2.24) is 0 Å². The lowest BCUT2D eigenvalue weighted by atomic mass is 10.1. The van der Waals surface area contributed by atoms with Gasteiger partial charge < -0.3 is 16.2 Å². The van der Waals surface area contributed by atoms with Gasteiger partial charge in [-0.1, -0.05) is 6.07 Å². The molecule has 0 radical (unpaired) electrons. The lowest BCUT2D eigenvalue weighted by Crippen LogP contribution is -2.12. The maximum Gasteiger partial charge on any atom is 0.252 e. The number of carbonyl (C=O) groups excluding carboxylic acids is 1. The Balaban J connectivity index is 2.50. The van der Waals surface area contributed by atoms with Crippen molar-refractivity contribution in [3.05, 3.63) is 52.6 Å². The van der Waals surface area contributed by atoms with Crippen LogP contribution >= 0.6 is 0 Å². The molecule has 1 amide bonds. The second-order valence-corrected chi connectivity index (χ2v) is 4.93. The number of rotatable bonds is 3. The molecular weight excluding hydrogens is 252 g/mol. The second kappa shape index (κ2) is 5.25. The zero-order valence-electron chi connectivity index (χ0n) is 11.9. The highest BCUT2D eigenvalue weighted by Crippen LogP contribution is 2.31. The Morgan fingerprint density at radius 1 is 1.05 bits per heavy atom. The number of hydrogen-bond donors (Lipinski definition) is 2. The molecule has 0 heterocycles. The van der Waals surface area contributed by atoms with Gasteiger partial charge in [-0.05, 0) is 55.7 Å². The first-order valence-corrected chi connectivity index (χ1v) is 6.33. The van der Waals surface area contributed by atoms with E-state index in [1.54, 1.807) is 18.2 Å². The van der Waals surface area contributed by atoms with Gasteiger partial charge in [0.15, 0.2) is 0 Å². The van der Waals surface area contributed by atoms with Crippen LogP contribution in [0.2, 0.25) is 0 Å². The van der Waals surface area contributed by atoms with E-state index in [4.69, 9.17) is 16.2 Å². The fourth-order valence-electron chi connectivity index (χ4n) is 2.05. The normalized spacial score (nSPS) is 10.3. The molecule has 2 aromatic rings. The predicted molar refractivity (Wildman–Crippen MR) is 80.1 cm³/mol. The molecule has 4 nitrogen and oxygen atoms in total. The lowest BCUT2D eigenvalue weighted by Gasteiger charge is -2.14. The molecule has 2 rings (SSSR count). The third-order valence-electron chi connectivity index (χ3n) is 3.26. The quantitative estimate of drug-likeness (QED) is 0.841. The number of aryl methyl sites for hydroxylation is 2. The van der Waals surface area contributed by atoms with E-state index >= 15 is 0 Å². The van der Waals surface area contributed by atoms with E-state index in [1.807, 2.05) is 26.8 Å². The molecule has 0 aromatic heterocycles. The van der Waals surface area contributed by atoms with Gasteiger partial charge in [0, 0.05) is 11.8 Å². The third-order valence-corrected chi connectivity index (χ3v) is 3.26. The van der Waals surface area contributed by atoms with E-state index in [1.165, 1.54) is 0 Å². The van der Waals surface area contributed by atoms with Crippen LogP contribution in [0.5, 0.6) is 11.5 Å². The van der Waals surface area contributed by atoms with Crippen LogP contribution in [0.3, 0.4) is 0 Å². The van der Waals surface area contributed by atoms with Gasteiger partial charge in [-0.15, -0.1) is 0 Å². The number of anilines is 1. The molecule has 0 unspecified atom stereocenters. The molecule has 2 aromatic carbocycles. The number of carbonyl (C=O) groups is 1. The van der Waals surface area contributed by atoms with E-state index in [0.717, 1.165) is 16.7 Å². The molecule has 0 aliphatic rings. The Morgan fingerprint density at radius 2 is 1.75 bits per heavy atom. The van der Waals surface area contributed by atoms with Crippen LogP contribution < -0.4 is 16.2 Å². The van der Waals surface area contributed by atoms with Gasteiger partial charge >= 0.3 is 0 Å². The first-order valence-electron chi connectivity index (χ1n) is 6.33. The highest BCUT2D eigenvalue weighted by molar-refractivity contribution is 5.96. The third kappa shape index (κ3) is 2.74. The van der Waals surface area contributed by atoms with E-state index in [9.17, 15) is 4.79 Å². The van der Waals surface area contributed by atoms with Crippen molar-refractivity contribution in [2.75, 3.05) is 5.73 Å². The fourth-order valence-corrected chi connectivity index (χ4v) is 2.05. The minimum Gasteiger partial charge on any atom is -0.456 e. The van der Waals surface area contributed by atoms with Crippen LogP contribution in [0, 0.1) is 20.8 Å². The largest absolute Gasteiger partial charge is 0.456 e. The molecule has 20 heavy (non-hydrogen) atoms. The molecule has 4 heteroatoms. The summed E-state index contributed by atoms with van der Waals surface area (Å²) in [6.45, 7) is 5.98. The highest BCUT2D eigenvalue weighted by Gasteiger charge is 2.13. The van der Waals surface area contributed by atoms with Crippen LogP contribution in [-0.4, -0.2) is 5.91 Å². The summed E-state index contributed by atoms with van der Waals surface area (Å²) in [5, 5.41) is 0. The molecule has 0 fully saturated rings. The lowest BCUT2D eigenvalue weighted by molar-refractivity contribution is 0.0998. The summed E-state index contributed by atoms with van der Waals surface area (Å²) in [5.41, 5.74) is 15.2. The highest BCUT2D eigenvalue weighted by atomic mass is 16.5. The number of amides is 1. The van der Waals surface area contributed by atoms with Crippen molar-refractivity contribution in [2.24, 2.45) is 5.73 Å². The van der Waals surface area contributed by atoms with E-state index in [0.29, 0.717) is 22.7 Å². The zero-order valence-corrected chi connectivity index (χ0v) is 11.9. The summed E-state index contributed by atoms with van der Waals surface area (Å²) in [4.78, 5) is 11.4. The number of ether oxygens (including phenoxy) is 1. The van der Waals surface area contributed by atoms with Gasteiger partial charge in [0.1, 0.15) is 11.5 Å². The van der Waals surface area contributed by atoms with Gasteiger partial charge in [0.05, 0.1) is 5.56 Å². The molecule has 0 aliphatic carbocycles. The smallest absolute Gasteiger partial charge is 0.252 e. The monoisotopic (exact) mass is 270 g/mol. The maximum atomic E-state index is 11.4. The van der Waals surface area contributed by atoms with Crippen LogP contribution in [0.15, 0.2) is 30.3 Å². The number of hydrogen-bond acceptors (Lipinski definition) is 3. The molecule has 0 atom stereocenters. The van der Waals surface area contributed by atoms with Gasteiger partial charge in [0.25, 0.3) is 5.91 Å². The maximum absolute atomic E-state index is 11.4. The summed E-state index contributed by atoms with van der Waals surface area (Å²) in [7, 11) is 0. The molecule has 0 aliphatic heterocycles. The average molecular weight is 270 g/mol. The van der Waals surface area contributed by atoms with Crippen LogP contribution in [-0.2, 0) is 0 Å². The van der Waals surface area contributed by atoms with Crippen LogP contribution in [0.25, 0.3) is 0 Å². The number of benzene rings is 2. The van der Waals surface area contributed by atoms with Crippen molar-refractivity contribution in [3.63, 3.8) is 0 Å². The van der Waals surface area contributed by atoms with Crippen molar-refractivity contribution in [1.29, 1.82) is 0 Å². The topological polar surface area (TPSA) is 78.3 Å². The molecule has 0 saturated heterocycles. The zero-order chi connectivity index (χ0) is 14.9. The van der Waals surface area contributed by atoms with Gasteiger partial charge in [-0.25, -0.2) is 0 Å². The standard InChI is InChI=1S/C16H18N2O2/c1-9-6-10(2)11(3)14(7-9)20-15-8-12(17)4-5-13(15)16(18)19/h4-8H,17H2,1-3H3,(H2,18,19). The molecule has 104 valence electrons. The Labute approximate surface area is 118 Å². The van der Waals surface area contributed by atoms with Crippen molar-refractivity contribution in [3.8, 4) is 11.5 Å². The summed E-state index contributed by atoms with van der Waals surface area (Å²) in [5.74, 6) is 0.545. The Morgan fingerprint density at radius 3 is 2.40 bits per heavy atom. The van der Waals surface area contributed by atoms with Crippen molar-refractivity contribution < 1.29 is 9.53 Å². The van der Waals surface area contributed by atoms with Crippen molar-refractivity contribution >= 4 is 11.6 Å². The number of nitrogens with two attached hydrogens (primary N) is 2. The first kappa shape index (κ1) is 13.9. The van der Waals surface area contributed by atoms with Gasteiger partial charge in [-0.3, -0.25) is 4.79 Å². The molecule has 4 N–H and O–H groups in total. The minimum absolute atomic E-state index is 0.317. The van der Waals surface area contributed by atoms with Crippen molar-refractivity contribution in [2.45, 2.75) is 20.8 Å². The van der Waals surface area contributed by atoms with E-state index < -0.39 is 5.91 Å². The summed E-state index contributed by atoms with van der Waals surface area (Å²) in [6, 6.07) is 8.82. The fraction of sp³-hybridized carbons (Fsp3) is 0.188. The first-order chi connectivity index (χ1) is 9.38. The SMILES string of the molecule is Cc1cc(C)c(C)c(Oc2cc(N)ccc2C(N)=O)c1. The minimum atomic E-state index is -0.540. The predicted octanol–water partition coefficient (Wildman–Crippen LogP) is 3.09. The number of nitrogen functional groups attached to an aromatic ring is 1. The molecule has 0 bridgehead atoms. The Hall–Kier alpha value is -2.49. The van der Waals surface area contributed by atoms with Crippen LogP contribution in [0.1, 0.15) is 27.0 Å². The molecule has 0 saturated carbocycles. The second-order valence-electron chi connectivity index (χ2n) is 4.93. The average Bonchev–Trinajstić information content (AvgIpc) is 2.35.